The van der Waals surface area contributed by atoms with Crippen molar-refractivity contribution >= 4 is 34.8 Å². The lowest BCUT2D eigenvalue weighted by atomic mass is 10.2. The fourth-order valence-electron chi connectivity index (χ4n) is 1.74. The largest absolute Gasteiger partial charge is 0.368 e. The Morgan fingerprint density at radius 2 is 2.05 bits per heavy atom. The van der Waals surface area contributed by atoms with Crippen LogP contribution in [0.5, 0.6) is 0 Å². The first-order valence-electron chi connectivity index (χ1n) is 5.87. The topological polar surface area (TPSA) is 63.4 Å². The van der Waals surface area contributed by atoms with Crippen LogP contribution in [0.2, 0.25) is 5.02 Å². The number of hydrogen-bond acceptors (Lipinski definition) is 3. The van der Waals surface area contributed by atoms with Crippen LogP contribution in [-0.2, 0) is 4.79 Å². The number of halogens is 1. The summed E-state index contributed by atoms with van der Waals surface area (Å²) >= 11 is 7.31. The molecule has 4 nitrogen and oxygen atoms in total. The normalized spacial score (nSPS) is 10.3. The number of nitrogens with two attached hydrogens (primary N) is 1. The molecule has 1 aromatic carbocycles. The van der Waals surface area contributed by atoms with Crippen LogP contribution in [0, 0.1) is 0 Å². The zero-order valence-electron chi connectivity index (χ0n) is 10.8. The number of benzene rings is 1. The van der Waals surface area contributed by atoms with Crippen LogP contribution in [-0.4, -0.2) is 30.3 Å². The third-order valence-electron chi connectivity index (χ3n) is 2.67. The molecule has 0 spiro atoms. The third-order valence-corrected chi connectivity index (χ3v) is 4.02. The van der Waals surface area contributed by atoms with E-state index in [1.807, 2.05) is 24.3 Å². The fraction of sp³-hybridized carbons (Fsp3) is 0.143. The molecule has 0 bridgehead atoms. The van der Waals surface area contributed by atoms with Crippen LogP contribution >= 0.6 is 22.9 Å². The molecule has 0 aliphatic rings. The van der Waals surface area contributed by atoms with Gasteiger partial charge >= 0.3 is 0 Å². The van der Waals surface area contributed by atoms with Gasteiger partial charge in [0.05, 0.1) is 11.4 Å². The van der Waals surface area contributed by atoms with Crippen molar-refractivity contribution in [2.75, 3.05) is 13.6 Å². The maximum absolute atomic E-state index is 12.1. The van der Waals surface area contributed by atoms with Gasteiger partial charge in [0, 0.05) is 16.9 Å². The van der Waals surface area contributed by atoms with E-state index in [-0.39, 0.29) is 12.5 Å². The summed E-state index contributed by atoms with van der Waals surface area (Å²) in [5, 5.41) is 0.648. The maximum atomic E-state index is 12.1. The monoisotopic (exact) mass is 308 g/mol. The summed E-state index contributed by atoms with van der Waals surface area (Å²) < 4.78 is 0. The molecule has 0 unspecified atom stereocenters. The molecule has 2 amide bonds. The quantitative estimate of drug-likeness (QED) is 0.943. The molecule has 0 aliphatic heterocycles. The van der Waals surface area contributed by atoms with Crippen LogP contribution in [0.25, 0.3) is 10.4 Å². The standard InChI is InChI=1S/C14H13ClN2O2S/c1-17(8-13(16)18)14(19)12-6-5-11(20-12)9-3-2-4-10(15)7-9/h2-7H,8H2,1H3,(H2,16,18). The van der Waals surface area contributed by atoms with Gasteiger partial charge in [-0.25, -0.2) is 0 Å². The molecule has 2 aromatic rings. The van der Waals surface area contributed by atoms with Gasteiger partial charge in [-0.05, 0) is 29.8 Å². The molecule has 104 valence electrons. The van der Waals surface area contributed by atoms with Gasteiger partial charge in [-0.15, -0.1) is 11.3 Å². The predicted octanol–water partition coefficient (Wildman–Crippen LogP) is 2.63. The first-order valence-corrected chi connectivity index (χ1v) is 7.06. The Morgan fingerprint density at radius 1 is 1.30 bits per heavy atom. The van der Waals surface area contributed by atoms with Gasteiger partial charge in [0.25, 0.3) is 5.91 Å². The minimum Gasteiger partial charge on any atom is -0.368 e. The average Bonchev–Trinajstić information content (AvgIpc) is 2.86. The predicted molar refractivity (Wildman–Crippen MR) is 80.9 cm³/mol. The number of primary amides is 1. The Hall–Kier alpha value is -1.85. The molecular weight excluding hydrogens is 296 g/mol. The molecule has 2 rings (SSSR count). The summed E-state index contributed by atoms with van der Waals surface area (Å²) in [5.41, 5.74) is 6.04. The Balaban J connectivity index is 2.21. The number of amides is 2. The number of thiophene rings is 1. The highest BCUT2D eigenvalue weighted by Crippen LogP contribution is 2.30. The molecule has 0 fully saturated rings. The number of carbonyl (C=O) groups excluding carboxylic acids is 2. The minimum absolute atomic E-state index is 0.0940. The number of rotatable bonds is 4. The van der Waals surface area contributed by atoms with E-state index >= 15 is 0 Å². The molecule has 6 heteroatoms. The lowest BCUT2D eigenvalue weighted by Gasteiger charge is -2.13. The first-order chi connectivity index (χ1) is 9.47. The summed E-state index contributed by atoms with van der Waals surface area (Å²) in [6, 6.07) is 11.0. The molecule has 0 saturated heterocycles. The van der Waals surface area contributed by atoms with Crippen molar-refractivity contribution in [3.63, 3.8) is 0 Å². The van der Waals surface area contributed by atoms with Gasteiger partial charge in [-0.1, -0.05) is 23.7 Å². The second kappa shape index (κ2) is 6.07. The van der Waals surface area contributed by atoms with Crippen LogP contribution in [0.1, 0.15) is 9.67 Å². The van der Waals surface area contributed by atoms with Crippen LogP contribution in [0.15, 0.2) is 36.4 Å². The van der Waals surface area contributed by atoms with Gasteiger partial charge in [-0.2, -0.15) is 0 Å². The number of hydrogen-bond donors (Lipinski definition) is 1. The summed E-state index contributed by atoms with van der Waals surface area (Å²) in [7, 11) is 1.55. The summed E-state index contributed by atoms with van der Waals surface area (Å²) in [5.74, 6) is -0.755. The molecule has 0 atom stereocenters. The molecule has 2 N–H and O–H groups in total. The minimum atomic E-state index is -0.535. The van der Waals surface area contributed by atoms with Crippen LogP contribution < -0.4 is 5.73 Å². The van der Waals surface area contributed by atoms with Crippen molar-refractivity contribution in [1.29, 1.82) is 0 Å². The van der Waals surface area contributed by atoms with Gasteiger partial charge in [0.2, 0.25) is 5.91 Å². The molecule has 0 aliphatic carbocycles. The van der Waals surface area contributed by atoms with Crippen molar-refractivity contribution in [2.24, 2.45) is 5.73 Å². The van der Waals surface area contributed by atoms with Crippen LogP contribution in [0.3, 0.4) is 0 Å². The molecule has 1 aromatic heterocycles. The number of carbonyl (C=O) groups is 2. The molecule has 0 saturated carbocycles. The van der Waals surface area contributed by atoms with Crippen molar-refractivity contribution in [1.82, 2.24) is 4.90 Å². The van der Waals surface area contributed by atoms with E-state index in [0.29, 0.717) is 9.90 Å². The summed E-state index contributed by atoms with van der Waals surface area (Å²) in [6.45, 7) is -0.0940. The van der Waals surface area contributed by atoms with E-state index in [2.05, 4.69) is 0 Å². The van der Waals surface area contributed by atoms with E-state index in [4.69, 9.17) is 17.3 Å². The molecular formula is C14H13ClN2O2S. The molecule has 20 heavy (non-hydrogen) atoms. The smallest absolute Gasteiger partial charge is 0.264 e. The molecule has 1 heterocycles. The highest BCUT2D eigenvalue weighted by molar-refractivity contribution is 7.17. The van der Waals surface area contributed by atoms with Crippen LogP contribution in [0.4, 0.5) is 0 Å². The third kappa shape index (κ3) is 3.37. The van der Waals surface area contributed by atoms with Gasteiger partial charge in [-0.3, -0.25) is 9.59 Å². The van der Waals surface area contributed by atoms with Crippen molar-refractivity contribution in [3.05, 3.63) is 46.3 Å². The van der Waals surface area contributed by atoms with E-state index in [9.17, 15) is 9.59 Å². The highest BCUT2D eigenvalue weighted by Gasteiger charge is 2.16. The fourth-order valence-corrected chi connectivity index (χ4v) is 2.93. The van der Waals surface area contributed by atoms with Gasteiger partial charge in [0.1, 0.15) is 0 Å². The Labute approximate surface area is 125 Å². The van der Waals surface area contributed by atoms with E-state index < -0.39 is 5.91 Å². The second-order valence-corrected chi connectivity index (χ2v) is 5.82. The van der Waals surface area contributed by atoms with Gasteiger partial charge in [0.15, 0.2) is 0 Å². The van der Waals surface area contributed by atoms with E-state index in [1.165, 1.54) is 16.2 Å². The maximum Gasteiger partial charge on any atom is 0.264 e. The van der Waals surface area contributed by atoms with Crippen molar-refractivity contribution in [2.45, 2.75) is 0 Å². The van der Waals surface area contributed by atoms with E-state index in [0.717, 1.165) is 10.4 Å². The van der Waals surface area contributed by atoms with Crippen molar-refractivity contribution < 1.29 is 9.59 Å². The zero-order chi connectivity index (χ0) is 14.7. The van der Waals surface area contributed by atoms with Gasteiger partial charge < -0.3 is 10.6 Å². The lowest BCUT2D eigenvalue weighted by Crippen LogP contribution is -2.34. The Morgan fingerprint density at radius 3 is 2.70 bits per heavy atom. The van der Waals surface area contributed by atoms with E-state index in [1.54, 1.807) is 19.2 Å². The summed E-state index contributed by atoms with van der Waals surface area (Å²) in [4.78, 5) is 25.7. The number of nitrogens with zero attached hydrogens (tertiary/aromatic N) is 1. The summed E-state index contributed by atoms with van der Waals surface area (Å²) in [6.07, 6.45) is 0. The first kappa shape index (κ1) is 14.6. The SMILES string of the molecule is CN(CC(N)=O)C(=O)c1ccc(-c2cccc(Cl)c2)s1. The number of likely N-dealkylation sites (N-methyl/N-ethyl adjacent to an activating group) is 1. The Bertz CT molecular complexity index is 654. The average molecular weight is 309 g/mol. The highest BCUT2D eigenvalue weighted by atomic mass is 35.5. The lowest BCUT2D eigenvalue weighted by molar-refractivity contribution is -0.118. The Kier molecular flexibility index (Phi) is 4.42. The second-order valence-electron chi connectivity index (χ2n) is 4.30. The zero-order valence-corrected chi connectivity index (χ0v) is 12.4. The molecule has 0 radical (unpaired) electrons. The van der Waals surface area contributed by atoms with Crippen molar-refractivity contribution in [3.8, 4) is 10.4 Å².